The van der Waals surface area contributed by atoms with E-state index in [4.69, 9.17) is 4.42 Å². The molecule has 1 fully saturated rings. The van der Waals surface area contributed by atoms with Crippen molar-refractivity contribution in [3.63, 3.8) is 0 Å². The molecule has 1 heterocycles. The van der Waals surface area contributed by atoms with Gasteiger partial charge in [0.15, 0.2) is 0 Å². The molecule has 0 aromatic carbocycles. The van der Waals surface area contributed by atoms with Crippen LogP contribution in [0.15, 0.2) is 16.9 Å². The van der Waals surface area contributed by atoms with E-state index in [-0.39, 0.29) is 18.1 Å². The van der Waals surface area contributed by atoms with Crippen LogP contribution in [0.3, 0.4) is 0 Å². The molecule has 1 aliphatic carbocycles. The highest BCUT2D eigenvalue weighted by atomic mass is 16.4. The lowest BCUT2D eigenvalue weighted by Crippen LogP contribution is -2.37. The number of anilines is 1. The van der Waals surface area contributed by atoms with Crippen molar-refractivity contribution in [2.75, 3.05) is 5.32 Å². The second-order valence-corrected chi connectivity index (χ2v) is 3.56. The number of rotatable bonds is 3. The summed E-state index contributed by atoms with van der Waals surface area (Å²) in [5.74, 6) is 0.644. The normalized spacial score (nSPS) is 17.5. The van der Waals surface area contributed by atoms with Crippen LogP contribution in [-0.2, 0) is 0 Å². The van der Waals surface area contributed by atoms with Gasteiger partial charge in [-0.1, -0.05) is 0 Å². The predicted octanol–water partition coefficient (Wildman–Crippen LogP) is 1.59. The molecular formula is C9H13N3O2. The number of carbonyl (C=O) groups is 1. The first-order valence-corrected chi connectivity index (χ1v) is 4.72. The van der Waals surface area contributed by atoms with Crippen molar-refractivity contribution in [1.29, 1.82) is 0 Å². The van der Waals surface area contributed by atoms with Crippen LogP contribution in [0, 0.1) is 5.92 Å². The molecule has 0 spiro atoms. The predicted molar refractivity (Wildman–Crippen MR) is 50.8 cm³/mol. The first kappa shape index (κ1) is 9.05. The first-order chi connectivity index (χ1) is 6.75. The van der Waals surface area contributed by atoms with Crippen molar-refractivity contribution >= 4 is 12.0 Å². The zero-order valence-corrected chi connectivity index (χ0v) is 7.99. The van der Waals surface area contributed by atoms with Crippen molar-refractivity contribution in [3.05, 3.63) is 12.5 Å². The molecule has 2 N–H and O–H groups in total. The summed E-state index contributed by atoms with van der Waals surface area (Å²) in [7, 11) is 0. The maximum absolute atomic E-state index is 11.3. The van der Waals surface area contributed by atoms with Gasteiger partial charge in [0.05, 0.1) is 6.20 Å². The lowest BCUT2D eigenvalue weighted by molar-refractivity contribution is 0.247. The van der Waals surface area contributed by atoms with Crippen LogP contribution in [0.1, 0.15) is 19.8 Å². The summed E-state index contributed by atoms with van der Waals surface area (Å²) >= 11 is 0. The Morgan fingerprint density at radius 3 is 3.07 bits per heavy atom. The van der Waals surface area contributed by atoms with E-state index >= 15 is 0 Å². The molecule has 0 saturated heterocycles. The molecule has 1 saturated carbocycles. The van der Waals surface area contributed by atoms with Gasteiger partial charge in [-0.2, -0.15) is 0 Å². The lowest BCUT2D eigenvalue weighted by atomic mass is 10.2. The quantitative estimate of drug-likeness (QED) is 0.769. The number of urea groups is 1. The maximum atomic E-state index is 11.3. The summed E-state index contributed by atoms with van der Waals surface area (Å²) in [5, 5.41) is 5.34. The van der Waals surface area contributed by atoms with E-state index < -0.39 is 0 Å². The summed E-state index contributed by atoms with van der Waals surface area (Å²) in [6.45, 7) is 2.01. The first-order valence-electron chi connectivity index (χ1n) is 4.72. The van der Waals surface area contributed by atoms with E-state index in [9.17, 15) is 4.79 Å². The molecule has 2 rings (SSSR count). The maximum Gasteiger partial charge on any atom is 0.323 e. The van der Waals surface area contributed by atoms with Gasteiger partial charge in [-0.25, -0.2) is 9.78 Å². The second kappa shape index (κ2) is 3.69. The molecule has 0 aliphatic heterocycles. The largest absolute Gasteiger partial charge is 0.432 e. The fraction of sp³-hybridized carbons (Fsp3) is 0.556. The fourth-order valence-electron chi connectivity index (χ4n) is 1.34. The van der Waals surface area contributed by atoms with Crippen molar-refractivity contribution in [1.82, 2.24) is 10.3 Å². The highest BCUT2D eigenvalue weighted by Crippen LogP contribution is 2.32. The van der Waals surface area contributed by atoms with Gasteiger partial charge >= 0.3 is 12.0 Å². The van der Waals surface area contributed by atoms with Crippen LogP contribution >= 0.6 is 0 Å². The highest BCUT2D eigenvalue weighted by molar-refractivity contribution is 5.87. The molecule has 1 aliphatic rings. The third kappa shape index (κ3) is 2.25. The van der Waals surface area contributed by atoms with Crippen LogP contribution in [0.5, 0.6) is 0 Å². The van der Waals surface area contributed by atoms with Gasteiger partial charge in [0.2, 0.25) is 0 Å². The number of nitrogens with zero attached hydrogens (tertiary/aromatic N) is 1. The van der Waals surface area contributed by atoms with E-state index in [1.807, 2.05) is 6.92 Å². The minimum absolute atomic E-state index is 0.227. The SMILES string of the molecule is C[C@@H](NC(=O)Nc1ncco1)C1CC1. The standard InChI is InChI=1S/C9H13N3O2/c1-6(7-2-3-7)11-8(13)12-9-10-4-5-14-9/h4-7H,2-3H2,1H3,(H2,10,11,12,13)/t6-/m1/s1. The number of hydrogen-bond donors (Lipinski definition) is 2. The second-order valence-electron chi connectivity index (χ2n) is 3.56. The molecule has 1 aromatic rings. The Morgan fingerprint density at radius 2 is 2.50 bits per heavy atom. The van der Waals surface area contributed by atoms with Gasteiger partial charge < -0.3 is 9.73 Å². The van der Waals surface area contributed by atoms with Crippen molar-refractivity contribution in [2.24, 2.45) is 5.92 Å². The Morgan fingerprint density at radius 1 is 1.71 bits per heavy atom. The monoisotopic (exact) mass is 195 g/mol. The molecule has 76 valence electrons. The van der Waals surface area contributed by atoms with Crippen LogP contribution in [0.25, 0.3) is 0 Å². The van der Waals surface area contributed by atoms with Crippen LogP contribution in [0.4, 0.5) is 10.8 Å². The van der Waals surface area contributed by atoms with Crippen molar-refractivity contribution in [2.45, 2.75) is 25.8 Å². The van der Waals surface area contributed by atoms with Gasteiger partial charge in [-0.3, -0.25) is 5.32 Å². The average Bonchev–Trinajstić information content (AvgIpc) is 2.87. The summed E-state index contributed by atoms with van der Waals surface area (Å²) in [6, 6.07) is 0.197. The number of carbonyl (C=O) groups excluding carboxylic acids is 1. The number of hydrogen-bond acceptors (Lipinski definition) is 3. The van der Waals surface area contributed by atoms with E-state index in [0.717, 1.165) is 0 Å². The van der Waals surface area contributed by atoms with Gasteiger partial charge in [0.25, 0.3) is 0 Å². The van der Waals surface area contributed by atoms with Gasteiger partial charge in [0.1, 0.15) is 6.26 Å². The molecule has 5 nitrogen and oxygen atoms in total. The Labute approximate surface area is 81.9 Å². The van der Waals surface area contributed by atoms with Gasteiger partial charge in [-0.05, 0) is 25.7 Å². The molecule has 0 bridgehead atoms. The molecule has 5 heteroatoms. The van der Waals surface area contributed by atoms with Crippen molar-refractivity contribution in [3.8, 4) is 0 Å². The molecule has 2 amide bonds. The summed E-state index contributed by atoms with van der Waals surface area (Å²) in [5.41, 5.74) is 0. The van der Waals surface area contributed by atoms with Crippen molar-refractivity contribution < 1.29 is 9.21 Å². The van der Waals surface area contributed by atoms with E-state index in [0.29, 0.717) is 5.92 Å². The minimum Gasteiger partial charge on any atom is -0.432 e. The number of nitrogens with one attached hydrogen (secondary N) is 2. The Hall–Kier alpha value is -1.52. The summed E-state index contributed by atoms with van der Waals surface area (Å²) < 4.78 is 4.88. The Balaban J connectivity index is 1.78. The minimum atomic E-state index is -0.258. The average molecular weight is 195 g/mol. The summed E-state index contributed by atoms with van der Waals surface area (Å²) in [6.07, 6.45) is 5.32. The lowest BCUT2D eigenvalue weighted by Gasteiger charge is -2.11. The molecular weight excluding hydrogens is 182 g/mol. The zero-order chi connectivity index (χ0) is 9.97. The zero-order valence-electron chi connectivity index (χ0n) is 7.99. The van der Waals surface area contributed by atoms with E-state index in [1.165, 1.54) is 25.3 Å². The molecule has 1 atom stereocenters. The van der Waals surface area contributed by atoms with E-state index in [2.05, 4.69) is 15.6 Å². The fourth-order valence-corrected chi connectivity index (χ4v) is 1.34. The van der Waals surface area contributed by atoms with Gasteiger partial charge in [0, 0.05) is 6.04 Å². The Kier molecular flexibility index (Phi) is 2.39. The highest BCUT2D eigenvalue weighted by Gasteiger charge is 2.28. The smallest absolute Gasteiger partial charge is 0.323 e. The van der Waals surface area contributed by atoms with E-state index in [1.54, 1.807) is 0 Å². The van der Waals surface area contributed by atoms with Crippen LogP contribution in [-0.4, -0.2) is 17.1 Å². The molecule has 1 aromatic heterocycles. The van der Waals surface area contributed by atoms with Crippen LogP contribution < -0.4 is 10.6 Å². The third-order valence-corrected chi connectivity index (χ3v) is 2.34. The number of amides is 2. The molecule has 14 heavy (non-hydrogen) atoms. The molecule has 0 unspecified atom stereocenters. The number of aromatic nitrogens is 1. The van der Waals surface area contributed by atoms with Gasteiger partial charge in [-0.15, -0.1) is 0 Å². The summed E-state index contributed by atoms with van der Waals surface area (Å²) in [4.78, 5) is 15.1. The topological polar surface area (TPSA) is 67.2 Å². The molecule has 0 radical (unpaired) electrons. The Bertz CT molecular complexity index is 306. The third-order valence-electron chi connectivity index (χ3n) is 2.34. The van der Waals surface area contributed by atoms with Crippen LogP contribution in [0.2, 0.25) is 0 Å². The number of oxazole rings is 1.